The van der Waals surface area contributed by atoms with E-state index in [-0.39, 0.29) is 5.41 Å². The van der Waals surface area contributed by atoms with Crippen LogP contribution in [0.25, 0.3) is 64.0 Å². The first-order valence-electron chi connectivity index (χ1n) is 15.8. The number of thiophene rings is 1. The van der Waals surface area contributed by atoms with Crippen LogP contribution in [0, 0.1) is 0 Å². The standard InChI is InChI=1S/C43H29NOS/c1-43(2)35-14-7-5-13-31(35)42-36(43)15-9-16-37(42)44(29-19-21-41-34(25-29)30-12-6-8-17-40(30)46-41)28-18-20-38-33(24-28)32-22-26-10-3-4-11-27(26)23-39(32)45-38/h3-25H,1-2H3. The Kier molecular flexibility index (Phi) is 5.25. The molecule has 46 heavy (non-hydrogen) atoms. The van der Waals surface area contributed by atoms with Crippen molar-refractivity contribution in [3.8, 4) is 11.1 Å². The fourth-order valence-electron chi connectivity index (χ4n) is 7.79. The van der Waals surface area contributed by atoms with Crippen molar-refractivity contribution in [2.45, 2.75) is 19.3 Å². The third kappa shape index (κ3) is 3.58. The highest BCUT2D eigenvalue weighted by molar-refractivity contribution is 7.25. The summed E-state index contributed by atoms with van der Waals surface area (Å²) >= 11 is 1.86. The zero-order chi connectivity index (χ0) is 30.6. The lowest BCUT2D eigenvalue weighted by molar-refractivity contribution is 0.660. The van der Waals surface area contributed by atoms with Gasteiger partial charge >= 0.3 is 0 Å². The molecule has 2 heterocycles. The average molecular weight is 608 g/mol. The Hall–Kier alpha value is -5.38. The summed E-state index contributed by atoms with van der Waals surface area (Å²) in [5.74, 6) is 0. The van der Waals surface area contributed by atoms with E-state index in [4.69, 9.17) is 4.42 Å². The van der Waals surface area contributed by atoms with Gasteiger partial charge in [-0.3, -0.25) is 0 Å². The van der Waals surface area contributed by atoms with E-state index in [0.29, 0.717) is 0 Å². The van der Waals surface area contributed by atoms with Crippen LogP contribution in [-0.4, -0.2) is 0 Å². The molecule has 10 rings (SSSR count). The second kappa shape index (κ2) is 9.32. The van der Waals surface area contributed by atoms with Crippen LogP contribution in [0.15, 0.2) is 144 Å². The van der Waals surface area contributed by atoms with Crippen LogP contribution in [0.3, 0.4) is 0 Å². The summed E-state index contributed by atoms with van der Waals surface area (Å²) in [6.07, 6.45) is 0. The molecule has 218 valence electrons. The molecule has 2 nitrogen and oxygen atoms in total. The van der Waals surface area contributed by atoms with Gasteiger partial charge in [0.2, 0.25) is 0 Å². The zero-order valence-electron chi connectivity index (χ0n) is 25.5. The molecule has 0 bridgehead atoms. The molecule has 0 aliphatic heterocycles. The molecule has 0 saturated carbocycles. The molecule has 0 fully saturated rings. The normalized spacial score (nSPS) is 13.6. The van der Waals surface area contributed by atoms with Gasteiger partial charge in [0.25, 0.3) is 0 Å². The maximum Gasteiger partial charge on any atom is 0.136 e. The second-order valence-electron chi connectivity index (χ2n) is 13.0. The minimum Gasteiger partial charge on any atom is -0.456 e. The Morgan fingerprint density at radius 3 is 2.09 bits per heavy atom. The van der Waals surface area contributed by atoms with Gasteiger partial charge in [-0.1, -0.05) is 92.7 Å². The quantitative estimate of drug-likeness (QED) is 0.199. The fraction of sp³-hybridized carbons (Fsp3) is 0.0698. The molecule has 0 atom stereocenters. The molecule has 0 saturated heterocycles. The second-order valence-corrected chi connectivity index (χ2v) is 14.0. The Bertz CT molecular complexity index is 2690. The molecule has 1 aliphatic carbocycles. The van der Waals surface area contributed by atoms with Gasteiger partial charge in [-0.05, 0) is 88.1 Å². The highest BCUT2D eigenvalue weighted by Gasteiger charge is 2.37. The lowest BCUT2D eigenvalue weighted by Gasteiger charge is -2.29. The van der Waals surface area contributed by atoms with E-state index in [1.165, 1.54) is 58.9 Å². The molecular weight excluding hydrogens is 579 g/mol. The molecule has 0 unspecified atom stereocenters. The Labute approximate surface area is 270 Å². The summed E-state index contributed by atoms with van der Waals surface area (Å²) in [6.45, 7) is 4.70. The number of hydrogen-bond acceptors (Lipinski definition) is 3. The van der Waals surface area contributed by atoms with Crippen molar-refractivity contribution in [1.82, 2.24) is 0 Å². The van der Waals surface area contributed by atoms with Crippen molar-refractivity contribution in [1.29, 1.82) is 0 Å². The van der Waals surface area contributed by atoms with E-state index in [2.05, 4.69) is 158 Å². The number of anilines is 3. The smallest absolute Gasteiger partial charge is 0.136 e. The van der Waals surface area contributed by atoms with Gasteiger partial charge in [0.1, 0.15) is 11.2 Å². The summed E-state index contributed by atoms with van der Waals surface area (Å²) in [7, 11) is 0. The van der Waals surface area contributed by atoms with Crippen LogP contribution in [0.1, 0.15) is 25.0 Å². The monoisotopic (exact) mass is 607 g/mol. The summed E-state index contributed by atoms with van der Waals surface area (Å²) in [4.78, 5) is 2.46. The predicted octanol–water partition coefficient (Wildman–Crippen LogP) is 12.9. The van der Waals surface area contributed by atoms with Crippen LogP contribution in [-0.2, 0) is 5.41 Å². The van der Waals surface area contributed by atoms with Crippen LogP contribution in [0.2, 0.25) is 0 Å². The first-order chi connectivity index (χ1) is 22.5. The van der Waals surface area contributed by atoms with E-state index >= 15 is 0 Å². The van der Waals surface area contributed by atoms with E-state index in [0.717, 1.165) is 33.3 Å². The Balaban J connectivity index is 1.27. The molecule has 7 aromatic carbocycles. The number of fused-ring (bicyclic) bond motifs is 10. The average Bonchev–Trinajstić information content (AvgIpc) is 3.71. The fourth-order valence-corrected chi connectivity index (χ4v) is 8.88. The topological polar surface area (TPSA) is 16.4 Å². The zero-order valence-corrected chi connectivity index (χ0v) is 26.4. The molecule has 0 spiro atoms. The van der Waals surface area contributed by atoms with Crippen LogP contribution >= 0.6 is 11.3 Å². The summed E-state index contributed by atoms with van der Waals surface area (Å²) in [5, 5.41) is 7.26. The van der Waals surface area contributed by atoms with Crippen LogP contribution in [0.5, 0.6) is 0 Å². The van der Waals surface area contributed by atoms with E-state index in [1.807, 2.05) is 11.3 Å². The number of benzene rings is 7. The summed E-state index contributed by atoms with van der Waals surface area (Å²) in [6, 6.07) is 51.1. The highest BCUT2D eigenvalue weighted by Crippen LogP contribution is 2.54. The summed E-state index contributed by atoms with van der Waals surface area (Å²) in [5.41, 5.74) is 10.5. The minimum atomic E-state index is -0.0904. The van der Waals surface area contributed by atoms with Crippen molar-refractivity contribution in [3.05, 3.63) is 151 Å². The third-order valence-corrected chi connectivity index (χ3v) is 11.2. The summed E-state index contributed by atoms with van der Waals surface area (Å²) < 4.78 is 9.05. The van der Waals surface area contributed by atoms with Crippen molar-refractivity contribution in [2.75, 3.05) is 4.90 Å². The molecule has 0 amide bonds. The molecule has 1 aliphatic rings. The lowest BCUT2D eigenvalue weighted by Crippen LogP contribution is -2.16. The minimum absolute atomic E-state index is 0.0904. The lowest BCUT2D eigenvalue weighted by atomic mass is 9.82. The number of nitrogens with zero attached hydrogens (tertiary/aromatic N) is 1. The van der Waals surface area contributed by atoms with E-state index in [1.54, 1.807) is 0 Å². The highest BCUT2D eigenvalue weighted by atomic mass is 32.1. The van der Waals surface area contributed by atoms with Gasteiger partial charge in [-0.25, -0.2) is 0 Å². The molecule has 2 aromatic heterocycles. The van der Waals surface area contributed by atoms with Gasteiger partial charge in [-0.15, -0.1) is 11.3 Å². The largest absolute Gasteiger partial charge is 0.456 e. The van der Waals surface area contributed by atoms with Crippen LogP contribution < -0.4 is 4.90 Å². The maximum absolute atomic E-state index is 6.43. The van der Waals surface area contributed by atoms with Crippen molar-refractivity contribution >= 4 is 81.3 Å². The van der Waals surface area contributed by atoms with Gasteiger partial charge in [-0.2, -0.15) is 0 Å². The first kappa shape index (κ1) is 25.9. The van der Waals surface area contributed by atoms with Gasteiger partial charge in [0, 0.05) is 53.3 Å². The SMILES string of the molecule is CC1(C)c2ccccc2-c2c(N(c3ccc4oc5cc6ccccc6cc5c4c3)c3ccc4sc5ccccc5c4c3)cccc21. The van der Waals surface area contributed by atoms with E-state index in [9.17, 15) is 0 Å². The van der Waals surface area contributed by atoms with Crippen molar-refractivity contribution in [2.24, 2.45) is 0 Å². The van der Waals surface area contributed by atoms with Crippen molar-refractivity contribution < 1.29 is 4.42 Å². The van der Waals surface area contributed by atoms with Crippen LogP contribution in [0.4, 0.5) is 17.1 Å². The Morgan fingerprint density at radius 2 is 1.20 bits per heavy atom. The van der Waals surface area contributed by atoms with E-state index < -0.39 is 0 Å². The molecule has 3 heteroatoms. The molecule has 0 N–H and O–H groups in total. The van der Waals surface area contributed by atoms with Crippen molar-refractivity contribution in [3.63, 3.8) is 0 Å². The molecule has 0 radical (unpaired) electrons. The van der Waals surface area contributed by atoms with Gasteiger partial charge in [0.05, 0.1) is 5.69 Å². The predicted molar refractivity (Wildman–Crippen MR) is 196 cm³/mol. The Morgan fingerprint density at radius 1 is 0.522 bits per heavy atom. The third-order valence-electron chi connectivity index (χ3n) is 10.0. The molecular formula is C43H29NOS. The number of hydrogen-bond donors (Lipinski definition) is 0. The molecule has 9 aromatic rings. The van der Waals surface area contributed by atoms with Gasteiger partial charge in [0.15, 0.2) is 0 Å². The number of furan rings is 1. The first-order valence-corrected chi connectivity index (χ1v) is 16.7. The van der Waals surface area contributed by atoms with Gasteiger partial charge < -0.3 is 9.32 Å². The maximum atomic E-state index is 6.43. The number of rotatable bonds is 3.